The highest BCUT2D eigenvalue weighted by Gasteiger charge is 2.57. The van der Waals surface area contributed by atoms with Crippen molar-refractivity contribution in [3.63, 3.8) is 0 Å². The largest absolute Gasteiger partial charge is 0.463 e. The van der Waals surface area contributed by atoms with Gasteiger partial charge in [0.2, 0.25) is 0 Å². The molecule has 2 atom stereocenters. The number of nitrogens with one attached hydrogen (secondary N) is 1. The van der Waals surface area contributed by atoms with Crippen molar-refractivity contribution in [3.05, 3.63) is 35.3 Å². The quantitative estimate of drug-likeness (QED) is 0.376. The average Bonchev–Trinajstić information content (AvgIpc) is 3.48. The van der Waals surface area contributed by atoms with E-state index in [0.29, 0.717) is 37.4 Å². The fourth-order valence-electron chi connectivity index (χ4n) is 4.14. The molecular formula is C25H33F2N7O4. The third-order valence-corrected chi connectivity index (χ3v) is 7.12. The van der Waals surface area contributed by atoms with Gasteiger partial charge in [0.25, 0.3) is 17.7 Å². The van der Waals surface area contributed by atoms with Crippen LogP contribution in [0, 0.1) is 5.92 Å². The lowest BCUT2D eigenvalue weighted by molar-refractivity contribution is 0.0407. The van der Waals surface area contributed by atoms with E-state index < -0.39 is 35.3 Å². The molecule has 2 fully saturated rings. The summed E-state index contributed by atoms with van der Waals surface area (Å²) in [6, 6.07) is 4.15. The lowest BCUT2D eigenvalue weighted by atomic mass is 9.92. The lowest BCUT2D eigenvalue weighted by Gasteiger charge is -2.33. The van der Waals surface area contributed by atoms with Gasteiger partial charge in [-0.3, -0.25) is 9.59 Å². The van der Waals surface area contributed by atoms with Crippen LogP contribution in [0.2, 0.25) is 0 Å². The summed E-state index contributed by atoms with van der Waals surface area (Å²) in [6.45, 7) is 5.62. The first kappa shape index (κ1) is 27.4. The minimum atomic E-state index is -2.76. The molecule has 1 aliphatic heterocycles. The Morgan fingerprint density at radius 1 is 1.26 bits per heavy atom. The second kappa shape index (κ2) is 10.3. The number of hydrogen-bond acceptors (Lipinski definition) is 9. The van der Waals surface area contributed by atoms with E-state index in [1.807, 2.05) is 4.90 Å². The van der Waals surface area contributed by atoms with Gasteiger partial charge in [-0.1, -0.05) is 0 Å². The first-order chi connectivity index (χ1) is 17.7. The SMILES string of the molecule is C[C@@H](NC(=O)c1cc(N2CCC(c3ccc(N)c(C(N)=O)n3)CC2)nc(OCC2CC2(F)F)n1)C(C)(C)O. The Kier molecular flexibility index (Phi) is 7.42. The molecule has 1 saturated carbocycles. The van der Waals surface area contributed by atoms with Gasteiger partial charge in [-0.05, 0) is 45.7 Å². The molecule has 0 radical (unpaired) electrons. The monoisotopic (exact) mass is 533 g/mol. The molecule has 13 heteroatoms. The second-order valence-corrected chi connectivity index (χ2v) is 10.5. The third kappa shape index (κ3) is 6.26. The number of nitrogens with two attached hydrogens (primary N) is 2. The number of piperidine rings is 1. The minimum absolute atomic E-state index is 0.00270. The van der Waals surface area contributed by atoms with Crippen molar-refractivity contribution >= 4 is 23.3 Å². The standard InChI is InChI=1S/C25H33F2N7O4/c1-13(24(2,3)37)30-22(36)18-10-19(33-23(32-18)38-12-15-11-25(15,26)27)34-8-6-14(7-9-34)17-5-4-16(28)20(31-17)21(29)35/h4-5,10,13-15,37H,6-9,11-12,28H2,1-3H3,(H2,29,35)(H,30,36)/t13-,15?/m1/s1. The predicted molar refractivity (Wildman–Crippen MR) is 135 cm³/mol. The molecular weight excluding hydrogens is 500 g/mol. The van der Waals surface area contributed by atoms with Gasteiger partial charge < -0.3 is 31.5 Å². The van der Waals surface area contributed by atoms with Crippen LogP contribution >= 0.6 is 0 Å². The number of aromatic nitrogens is 3. The van der Waals surface area contributed by atoms with Gasteiger partial charge in [-0.25, -0.2) is 13.8 Å². The van der Waals surface area contributed by atoms with Gasteiger partial charge in [-0.15, -0.1) is 0 Å². The topological polar surface area (TPSA) is 170 Å². The number of rotatable bonds is 9. The highest BCUT2D eigenvalue weighted by Crippen LogP contribution is 2.48. The number of amides is 2. The normalized spacial score (nSPS) is 20.1. The molecule has 4 rings (SSSR count). The Hall–Kier alpha value is -3.61. The lowest BCUT2D eigenvalue weighted by Crippen LogP contribution is -2.47. The molecule has 6 N–H and O–H groups in total. The summed E-state index contributed by atoms with van der Waals surface area (Å²) in [5, 5.41) is 12.9. The summed E-state index contributed by atoms with van der Waals surface area (Å²) in [6.07, 6.45) is 1.08. The molecule has 11 nitrogen and oxygen atoms in total. The van der Waals surface area contributed by atoms with Gasteiger partial charge >= 0.3 is 6.01 Å². The highest BCUT2D eigenvalue weighted by molar-refractivity contribution is 5.96. The summed E-state index contributed by atoms with van der Waals surface area (Å²) in [4.78, 5) is 39.4. The summed E-state index contributed by atoms with van der Waals surface area (Å²) >= 11 is 0. The summed E-state index contributed by atoms with van der Waals surface area (Å²) in [5.41, 5.74) is 11.0. The van der Waals surface area contributed by atoms with Crippen LogP contribution in [-0.2, 0) is 0 Å². The van der Waals surface area contributed by atoms with Crippen LogP contribution in [-0.4, -0.2) is 69.1 Å². The first-order valence-corrected chi connectivity index (χ1v) is 12.5. The van der Waals surface area contributed by atoms with Crippen LogP contribution < -0.4 is 26.4 Å². The zero-order valence-corrected chi connectivity index (χ0v) is 21.6. The molecule has 1 aliphatic carbocycles. The van der Waals surface area contributed by atoms with Gasteiger partial charge in [0.15, 0.2) is 5.69 Å². The number of ether oxygens (including phenoxy) is 1. The van der Waals surface area contributed by atoms with Crippen molar-refractivity contribution in [2.75, 3.05) is 30.3 Å². The number of nitrogens with zero attached hydrogens (tertiary/aromatic N) is 4. The third-order valence-electron chi connectivity index (χ3n) is 7.12. The van der Waals surface area contributed by atoms with Crippen LogP contribution in [0.1, 0.15) is 72.6 Å². The van der Waals surface area contributed by atoms with Crippen LogP contribution in [0.3, 0.4) is 0 Å². The van der Waals surface area contributed by atoms with E-state index in [2.05, 4.69) is 20.3 Å². The van der Waals surface area contributed by atoms with E-state index in [1.165, 1.54) is 6.07 Å². The van der Waals surface area contributed by atoms with Crippen LogP contribution in [0.15, 0.2) is 18.2 Å². The van der Waals surface area contributed by atoms with Crippen molar-refractivity contribution in [2.45, 2.75) is 63.5 Å². The number of primary amides is 1. The van der Waals surface area contributed by atoms with Gasteiger partial charge in [-0.2, -0.15) is 9.97 Å². The smallest absolute Gasteiger partial charge is 0.319 e. The highest BCUT2D eigenvalue weighted by atomic mass is 19.3. The summed E-state index contributed by atoms with van der Waals surface area (Å²) < 4.78 is 32.2. The van der Waals surface area contributed by atoms with Gasteiger partial charge in [0.05, 0.1) is 23.2 Å². The molecule has 1 unspecified atom stereocenters. The summed E-state index contributed by atoms with van der Waals surface area (Å²) in [7, 11) is 0. The molecule has 2 aromatic rings. The molecule has 0 spiro atoms. The average molecular weight is 534 g/mol. The van der Waals surface area contributed by atoms with Crippen LogP contribution in [0.4, 0.5) is 20.3 Å². The second-order valence-electron chi connectivity index (χ2n) is 10.5. The van der Waals surface area contributed by atoms with E-state index in [0.717, 1.165) is 0 Å². The zero-order chi connectivity index (χ0) is 27.8. The van der Waals surface area contributed by atoms with E-state index in [1.54, 1.807) is 32.9 Å². The number of halogens is 2. The Bertz CT molecular complexity index is 1210. The van der Waals surface area contributed by atoms with E-state index in [4.69, 9.17) is 16.2 Å². The van der Waals surface area contributed by atoms with E-state index >= 15 is 0 Å². The summed E-state index contributed by atoms with van der Waals surface area (Å²) in [5.74, 6) is -4.44. The maximum absolute atomic E-state index is 13.3. The van der Waals surface area contributed by atoms with Crippen molar-refractivity contribution in [1.82, 2.24) is 20.3 Å². The molecule has 2 aromatic heterocycles. The number of carbonyl (C=O) groups excluding carboxylic acids is 2. The van der Waals surface area contributed by atoms with Gasteiger partial charge in [0.1, 0.15) is 18.1 Å². The molecule has 2 amide bonds. The fourth-order valence-corrected chi connectivity index (χ4v) is 4.14. The zero-order valence-electron chi connectivity index (χ0n) is 21.6. The Morgan fingerprint density at radius 3 is 2.50 bits per heavy atom. The molecule has 38 heavy (non-hydrogen) atoms. The van der Waals surface area contributed by atoms with Crippen molar-refractivity contribution in [1.29, 1.82) is 0 Å². The van der Waals surface area contributed by atoms with Crippen LogP contribution in [0.25, 0.3) is 0 Å². The van der Waals surface area contributed by atoms with E-state index in [9.17, 15) is 23.5 Å². The Balaban J connectivity index is 1.51. The minimum Gasteiger partial charge on any atom is -0.463 e. The number of anilines is 2. The molecule has 1 saturated heterocycles. The Morgan fingerprint density at radius 2 is 1.92 bits per heavy atom. The number of nitrogen functional groups attached to an aromatic ring is 1. The predicted octanol–water partition coefficient (Wildman–Crippen LogP) is 1.86. The molecule has 2 aliphatic rings. The van der Waals surface area contributed by atoms with Crippen molar-refractivity contribution in [2.24, 2.45) is 11.7 Å². The fraction of sp³-hybridized carbons (Fsp3) is 0.560. The number of alkyl halides is 2. The number of hydrogen-bond donors (Lipinski definition) is 4. The Labute approximate surface area is 219 Å². The van der Waals surface area contributed by atoms with Crippen LogP contribution in [0.5, 0.6) is 6.01 Å². The number of aliphatic hydroxyl groups is 1. The van der Waals surface area contributed by atoms with Gasteiger partial charge in [0, 0.05) is 37.2 Å². The first-order valence-electron chi connectivity index (χ1n) is 12.5. The van der Waals surface area contributed by atoms with Crippen molar-refractivity contribution in [3.8, 4) is 6.01 Å². The van der Waals surface area contributed by atoms with E-state index in [-0.39, 0.29) is 42.0 Å². The molecule has 0 aromatic carbocycles. The van der Waals surface area contributed by atoms with Crippen molar-refractivity contribution < 1.29 is 28.2 Å². The molecule has 0 bridgehead atoms. The molecule has 206 valence electrons. The molecule has 3 heterocycles. The maximum Gasteiger partial charge on any atom is 0.319 e. The number of carbonyl (C=O) groups is 2. The number of pyridine rings is 1. The maximum atomic E-state index is 13.3.